The van der Waals surface area contributed by atoms with E-state index in [1.54, 1.807) is 44.6 Å². The van der Waals surface area contributed by atoms with E-state index in [4.69, 9.17) is 9.47 Å². The van der Waals surface area contributed by atoms with Crippen molar-refractivity contribution in [3.8, 4) is 23.3 Å². The molecule has 6 heteroatoms. The van der Waals surface area contributed by atoms with Gasteiger partial charge in [0.1, 0.15) is 23.1 Å². The largest absolute Gasteiger partial charge is 0.497 e. The molecule has 0 fully saturated rings. The summed E-state index contributed by atoms with van der Waals surface area (Å²) in [6.45, 7) is 3.93. The van der Waals surface area contributed by atoms with Crippen LogP contribution in [0.2, 0.25) is 0 Å². The lowest BCUT2D eigenvalue weighted by Gasteiger charge is -2.11. The fourth-order valence-corrected chi connectivity index (χ4v) is 3.26. The molecule has 0 unspecified atom stereocenters. The first-order valence-corrected chi connectivity index (χ1v) is 9.37. The van der Waals surface area contributed by atoms with Crippen LogP contribution < -0.4 is 14.8 Å². The van der Waals surface area contributed by atoms with Crippen LogP contribution in [0.3, 0.4) is 0 Å². The smallest absolute Gasteiger partial charge is 0.266 e. The number of ether oxygens (including phenoxy) is 2. The Bertz CT molecular complexity index is 1140. The minimum absolute atomic E-state index is 0.0247. The molecule has 1 amide bonds. The third-order valence-corrected chi connectivity index (χ3v) is 4.79. The minimum atomic E-state index is -0.464. The van der Waals surface area contributed by atoms with Gasteiger partial charge < -0.3 is 19.4 Å². The van der Waals surface area contributed by atoms with Gasteiger partial charge in [-0.25, -0.2) is 0 Å². The molecular weight excluding hydrogens is 378 g/mol. The predicted octanol–water partition coefficient (Wildman–Crippen LogP) is 4.66. The zero-order chi connectivity index (χ0) is 21.7. The summed E-state index contributed by atoms with van der Waals surface area (Å²) in [5, 5.41) is 12.3. The second-order valence-electron chi connectivity index (χ2n) is 6.72. The van der Waals surface area contributed by atoms with Crippen molar-refractivity contribution in [3.05, 3.63) is 77.1 Å². The van der Waals surface area contributed by atoms with Gasteiger partial charge in [0, 0.05) is 28.8 Å². The van der Waals surface area contributed by atoms with Gasteiger partial charge in [-0.05, 0) is 68.0 Å². The fraction of sp³-hybridized carbons (Fsp3) is 0.167. The Hall–Kier alpha value is -3.98. The lowest BCUT2D eigenvalue weighted by molar-refractivity contribution is -0.112. The number of nitriles is 1. The highest BCUT2D eigenvalue weighted by Gasteiger charge is 2.14. The normalized spacial score (nSPS) is 11.0. The summed E-state index contributed by atoms with van der Waals surface area (Å²) in [4.78, 5) is 12.6. The van der Waals surface area contributed by atoms with Gasteiger partial charge in [0.25, 0.3) is 5.91 Å². The van der Waals surface area contributed by atoms with E-state index in [0.29, 0.717) is 11.4 Å². The van der Waals surface area contributed by atoms with Crippen LogP contribution in [0.25, 0.3) is 11.8 Å². The molecule has 1 aromatic heterocycles. The second-order valence-corrected chi connectivity index (χ2v) is 6.72. The number of methoxy groups -OCH3 is 2. The summed E-state index contributed by atoms with van der Waals surface area (Å²) in [6.07, 6.45) is 1.61. The average molecular weight is 401 g/mol. The SMILES string of the molecule is COc1ccc(NC(=O)/C(C#N)=C\c2cc(C)n(-c3cccc(OC)c3)c2C)cc1. The van der Waals surface area contributed by atoms with Crippen LogP contribution in [0.15, 0.2) is 60.2 Å². The predicted molar refractivity (Wildman–Crippen MR) is 117 cm³/mol. The third kappa shape index (κ3) is 4.36. The molecule has 0 atom stereocenters. The van der Waals surface area contributed by atoms with Crippen molar-refractivity contribution in [1.82, 2.24) is 4.57 Å². The van der Waals surface area contributed by atoms with Crippen LogP contribution in [0.4, 0.5) is 5.69 Å². The van der Waals surface area contributed by atoms with Crippen LogP contribution in [0.1, 0.15) is 17.0 Å². The lowest BCUT2D eigenvalue weighted by atomic mass is 10.1. The monoisotopic (exact) mass is 401 g/mol. The first-order chi connectivity index (χ1) is 14.5. The standard InChI is InChI=1S/C24H23N3O3/c1-16-12-18(17(2)27(16)21-6-5-7-23(14-21)30-4)13-19(15-25)24(28)26-20-8-10-22(29-3)11-9-20/h5-14H,1-4H3,(H,26,28)/b19-13-. The highest BCUT2D eigenvalue weighted by atomic mass is 16.5. The molecule has 0 saturated heterocycles. The zero-order valence-corrected chi connectivity index (χ0v) is 17.4. The van der Waals surface area contributed by atoms with E-state index in [2.05, 4.69) is 9.88 Å². The van der Waals surface area contributed by atoms with Crippen molar-refractivity contribution in [3.63, 3.8) is 0 Å². The molecule has 6 nitrogen and oxygen atoms in total. The number of aryl methyl sites for hydroxylation is 1. The molecule has 0 aliphatic heterocycles. The summed E-state index contributed by atoms with van der Waals surface area (Å²) in [5.74, 6) is 0.983. The number of carbonyl (C=O) groups is 1. The number of amides is 1. The summed E-state index contributed by atoms with van der Waals surface area (Å²) >= 11 is 0. The number of nitrogens with one attached hydrogen (secondary N) is 1. The molecule has 1 heterocycles. The molecule has 0 spiro atoms. The van der Waals surface area contributed by atoms with Gasteiger partial charge >= 0.3 is 0 Å². The quantitative estimate of drug-likeness (QED) is 0.482. The number of anilines is 1. The molecule has 2 aromatic carbocycles. The first-order valence-electron chi connectivity index (χ1n) is 9.37. The number of hydrogen-bond acceptors (Lipinski definition) is 4. The van der Waals surface area contributed by atoms with E-state index in [1.165, 1.54) is 0 Å². The van der Waals surface area contributed by atoms with Gasteiger partial charge in [0.2, 0.25) is 0 Å². The molecule has 1 N–H and O–H groups in total. The van der Waals surface area contributed by atoms with Gasteiger partial charge in [-0.15, -0.1) is 0 Å². The Labute approximate surface area is 176 Å². The molecule has 0 aliphatic rings. The molecule has 0 bridgehead atoms. The average Bonchev–Trinajstić information content (AvgIpc) is 3.05. The molecule has 30 heavy (non-hydrogen) atoms. The number of rotatable bonds is 6. The molecule has 0 saturated carbocycles. The minimum Gasteiger partial charge on any atom is -0.497 e. The van der Waals surface area contributed by atoms with Crippen molar-refractivity contribution in [2.75, 3.05) is 19.5 Å². The fourth-order valence-electron chi connectivity index (χ4n) is 3.26. The van der Waals surface area contributed by atoms with Crippen LogP contribution in [-0.4, -0.2) is 24.7 Å². The summed E-state index contributed by atoms with van der Waals surface area (Å²) in [7, 11) is 3.20. The summed E-state index contributed by atoms with van der Waals surface area (Å²) in [6, 6.07) is 18.6. The first kappa shape index (κ1) is 20.7. The van der Waals surface area contributed by atoms with Crippen molar-refractivity contribution < 1.29 is 14.3 Å². The van der Waals surface area contributed by atoms with E-state index in [1.807, 2.05) is 50.2 Å². The van der Waals surface area contributed by atoms with Crippen molar-refractivity contribution >= 4 is 17.7 Å². The number of carbonyl (C=O) groups excluding carboxylic acids is 1. The van der Waals surface area contributed by atoms with E-state index in [9.17, 15) is 10.1 Å². The van der Waals surface area contributed by atoms with E-state index in [-0.39, 0.29) is 5.57 Å². The Balaban J connectivity index is 1.90. The van der Waals surface area contributed by atoms with Gasteiger partial charge in [0.15, 0.2) is 0 Å². The highest BCUT2D eigenvalue weighted by molar-refractivity contribution is 6.09. The van der Waals surface area contributed by atoms with Gasteiger partial charge in [-0.1, -0.05) is 6.07 Å². The molecular formula is C24H23N3O3. The molecule has 0 radical (unpaired) electrons. The van der Waals surface area contributed by atoms with Gasteiger partial charge in [-0.3, -0.25) is 4.79 Å². The maximum absolute atomic E-state index is 12.6. The van der Waals surface area contributed by atoms with Crippen molar-refractivity contribution in [1.29, 1.82) is 5.26 Å². The van der Waals surface area contributed by atoms with Crippen LogP contribution in [0.5, 0.6) is 11.5 Å². The second kappa shape index (κ2) is 9.01. The number of nitrogens with zero attached hydrogens (tertiary/aromatic N) is 2. The zero-order valence-electron chi connectivity index (χ0n) is 17.4. The van der Waals surface area contributed by atoms with Crippen molar-refractivity contribution in [2.45, 2.75) is 13.8 Å². The maximum Gasteiger partial charge on any atom is 0.266 e. The van der Waals surface area contributed by atoms with Gasteiger partial charge in [0.05, 0.1) is 14.2 Å². The molecule has 3 aromatic rings. The number of aromatic nitrogens is 1. The molecule has 0 aliphatic carbocycles. The van der Waals surface area contributed by atoms with Gasteiger partial charge in [-0.2, -0.15) is 5.26 Å². The lowest BCUT2D eigenvalue weighted by Crippen LogP contribution is -2.13. The highest BCUT2D eigenvalue weighted by Crippen LogP contribution is 2.25. The number of hydrogen-bond donors (Lipinski definition) is 1. The Morgan fingerprint density at radius 2 is 1.73 bits per heavy atom. The Morgan fingerprint density at radius 1 is 1.03 bits per heavy atom. The van der Waals surface area contributed by atoms with Crippen molar-refractivity contribution in [2.24, 2.45) is 0 Å². The number of benzene rings is 2. The Kier molecular flexibility index (Phi) is 6.23. The van der Waals surface area contributed by atoms with Crippen LogP contribution >= 0.6 is 0 Å². The van der Waals surface area contributed by atoms with Crippen LogP contribution in [0, 0.1) is 25.2 Å². The molecule has 3 rings (SSSR count). The van der Waals surface area contributed by atoms with E-state index >= 15 is 0 Å². The molecule has 152 valence electrons. The summed E-state index contributed by atoms with van der Waals surface area (Å²) in [5.41, 5.74) is 4.27. The maximum atomic E-state index is 12.6. The Morgan fingerprint density at radius 3 is 2.37 bits per heavy atom. The third-order valence-electron chi connectivity index (χ3n) is 4.79. The topological polar surface area (TPSA) is 76.3 Å². The summed E-state index contributed by atoms with van der Waals surface area (Å²) < 4.78 is 12.5. The van der Waals surface area contributed by atoms with E-state index in [0.717, 1.165) is 28.4 Å². The van der Waals surface area contributed by atoms with Crippen LogP contribution in [-0.2, 0) is 4.79 Å². The van der Waals surface area contributed by atoms with E-state index < -0.39 is 5.91 Å².